The zero-order valence-electron chi connectivity index (χ0n) is 12.2. The first kappa shape index (κ1) is 13.9. The topological polar surface area (TPSA) is 47.1 Å². The Labute approximate surface area is 115 Å². The second-order valence-corrected chi connectivity index (χ2v) is 5.00. The van der Waals surface area contributed by atoms with Crippen molar-refractivity contribution in [2.45, 2.75) is 33.7 Å². The largest absolute Gasteiger partial charge is 0.369 e. The van der Waals surface area contributed by atoms with Crippen LogP contribution in [0.1, 0.15) is 25.8 Å². The van der Waals surface area contributed by atoms with Gasteiger partial charge in [0.15, 0.2) is 0 Å². The number of fused-ring (bicyclic) bond motifs is 1. The number of hydrogen-bond donors (Lipinski definition) is 1. The molecule has 0 fully saturated rings. The van der Waals surface area contributed by atoms with Gasteiger partial charge in [-0.25, -0.2) is 4.98 Å². The molecule has 2 aromatic rings. The van der Waals surface area contributed by atoms with Gasteiger partial charge in [0.05, 0.1) is 11.0 Å². The summed E-state index contributed by atoms with van der Waals surface area (Å²) in [6, 6.07) is 6.17. The van der Waals surface area contributed by atoms with Gasteiger partial charge in [-0.3, -0.25) is 0 Å². The Kier molecular flexibility index (Phi) is 4.43. The van der Waals surface area contributed by atoms with E-state index in [1.165, 1.54) is 17.5 Å². The second kappa shape index (κ2) is 6.06. The molecule has 1 aromatic heterocycles. The van der Waals surface area contributed by atoms with Crippen LogP contribution in [0.15, 0.2) is 18.2 Å². The molecular formula is C15H24N4. The molecule has 104 valence electrons. The Hall–Kier alpha value is -1.55. The van der Waals surface area contributed by atoms with Crippen LogP contribution in [0.4, 0.5) is 5.95 Å². The smallest absolute Gasteiger partial charge is 0.201 e. The van der Waals surface area contributed by atoms with E-state index in [0.29, 0.717) is 5.95 Å². The summed E-state index contributed by atoms with van der Waals surface area (Å²) in [6.07, 6.45) is 1.19. The number of anilines is 1. The van der Waals surface area contributed by atoms with E-state index in [1.807, 2.05) is 12.1 Å². The summed E-state index contributed by atoms with van der Waals surface area (Å²) in [6.45, 7) is 10.7. The second-order valence-electron chi connectivity index (χ2n) is 5.00. The van der Waals surface area contributed by atoms with Gasteiger partial charge in [-0.2, -0.15) is 0 Å². The highest BCUT2D eigenvalue weighted by atomic mass is 15.2. The number of rotatable bonds is 6. The van der Waals surface area contributed by atoms with Crippen molar-refractivity contribution < 1.29 is 0 Å². The summed E-state index contributed by atoms with van der Waals surface area (Å²) in [4.78, 5) is 6.89. The normalized spacial score (nSPS) is 11.6. The van der Waals surface area contributed by atoms with Crippen molar-refractivity contribution in [3.05, 3.63) is 23.8 Å². The molecule has 4 nitrogen and oxygen atoms in total. The summed E-state index contributed by atoms with van der Waals surface area (Å²) in [5.74, 6) is 0.622. The van der Waals surface area contributed by atoms with E-state index in [-0.39, 0.29) is 0 Å². The number of likely N-dealkylation sites (N-methyl/N-ethyl adjacent to an activating group) is 1. The third kappa shape index (κ3) is 2.89. The lowest BCUT2D eigenvalue weighted by Gasteiger charge is -2.20. The van der Waals surface area contributed by atoms with Gasteiger partial charge in [0.1, 0.15) is 0 Å². The highest BCUT2D eigenvalue weighted by Crippen LogP contribution is 2.21. The standard InChI is InChI=1S/C15H24N4/c1-4-9-18(5-2)10-11-19-14-12(3)7-6-8-13(14)17-15(19)16/h6-8H,4-5,9-11H2,1-3H3,(H2,16,17). The van der Waals surface area contributed by atoms with E-state index in [2.05, 4.69) is 41.3 Å². The van der Waals surface area contributed by atoms with E-state index in [1.54, 1.807) is 0 Å². The molecule has 0 saturated carbocycles. The molecule has 0 atom stereocenters. The van der Waals surface area contributed by atoms with E-state index < -0.39 is 0 Å². The molecule has 19 heavy (non-hydrogen) atoms. The number of nitrogens with zero attached hydrogens (tertiary/aromatic N) is 3. The van der Waals surface area contributed by atoms with Crippen molar-refractivity contribution in [1.82, 2.24) is 14.5 Å². The lowest BCUT2D eigenvalue weighted by molar-refractivity contribution is 0.278. The maximum atomic E-state index is 6.06. The predicted octanol–water partition coefficient (Wildman–Crippen LogP) is 2.66. The zero-order valence-corrected chi connectivity index (χ0v) is 12.2. The molecule has 1 aromatic carbocycles. The number of benzene rings is 1. The first-order valence-electron chi connectivity index (χ1n) is 7.11. The van der Waals surface area contributed by atoms with Crippen LogP contribution in [-0.2, 0) is 6.54 Å². The van der Waals surface area contributed by atoms with Gasteiger partial charge in [0.2, 0.25) is 5.95 Å². The fourth-order valence-electron chi connectivity index (χ4n) is 2.60. The van der Waals surface area contributed by atoms with Gasteiger partial charge < -0.3 is 15.2 Å². The first-order chi connectivity index (χ1) is 9.17. The number of nitrogen functional groups attached to an aromatic ring is 1. The SMILES string of the molecule is CCCN(CC)CCn1c(N)nc2cccc(C)c21. The maximum Gasteiger partial charge on any atom is 0.201 e. The summed E-state index contributed by atoms with van der Waals surface area (Å²) in [5.41, 5.74) is 9.46. The highest BCUT2D eigenvalue weighted by Gasteiger charge is 2.11. The predicted molar refractivity (Wildman–Crippen MR) is 81.3 cm³/mol. The van der Waals surface area contributed by atoms with Crippen molar-refractivity contribution in [3.8, 4) is 0 Å². The molecule has 0 aliphatic rings. The Balaban J connectivity index is 2.22. The molecule has 0 spiro atoms. The van der Waals surface area contributed by atoms with Crippen LogP contribution in [0.5, 0.6) is 0 Å². The van der Waals surface area contributed by atoms with Crippen LogP contribution < -0.4 is 5.73 Å². The molecular weight excluding hydrogens is 236 g/mol. The molecule has 1 heterocycles. The molecule has 0 bridgehead atoms. The average Bonchev–Trinajstić information content (AvgIpc) is 2.72. The van der Waals surface area contributed by atoms with Crippen molar-refractivity contribution in [1.29, 1.82) is 0 Å². The highest BCUT2D eigenvalue weighted by molar-refractivity contribution is 5.81. The van der Waals surface area contributed by atoms with Gasteiger partial charge >= 0.3 is 0 Å². The number of para-hydroxylation sites is 1. The van der Waals surface area contributed by atoms with E-state index >= 15 is 0 Å². The van der Waals surface area contributed by atoms with Crippen molar-refractivity contribution in [2.75, 3.05) is 25.4 Å². The Morgan fingerprint density at radius 3 is 2.74 bits per heavy atom. The summed E-state index contributed by atoms with van der Waals surface area (Å²) in [5, 5.41) is 0. The number of aromatic nitrogens is 2. The third-order valence-corrected chi connectivity index (χ3v) is 3.62. The molecule has 0 aliphatic heterocycles. The average molecular weight is 260 g/mol. The number of nitrogens with two attached hydrogens (primary N) is 1. The van der Waals surface area contributed by atoms with Gasteiger partial charge in [-0.15, -0.1) is 0 Å². The van der Waals surface area contributed by atoms with E-state index in [9.17, 15) is 0 Å². The Bertz CT molecular complexity index is 544. The van der Waals surface area contributed by atoms with Crippen molar-refractivity contribution in [2.24, 2.45) is 0 Å². The fourth-order valence-corrected chi connectivity index (χ4v) is 2.60. The van der Waals surface area contributed by atoms with E-state index in [4.69, 9.17) is 5.73 Å². The molecule has 2 rings (SSSR count). The Morgan fingerprint density at radius 1 is 1.26 bits per heavy atom. The number of aryl methyl sites for hydroxylation is 1. The van der Waals surface area contributed by atoms with Crippen LogP contribution >= 0.6 is 0 Å². The number of imidazole rings is 1. The monoisotopic (exact) mass is 260 g/mol. The van der Waals surface area contributed by atoms with Crippen LogP contribution in [0, 0.1) is 6.92 Å². The molecule has 0 radical (unpaired) electrons. The van der Waals surface area contributed by atoms with Gasteiger partial charge in [0.25, 0.3) is 0 Å². The van der Waals surface area contributed by atoms with Crippen molar-refractivity contribution in [3.63, 3.8) is 0 Å². The van der Waals surface area contributed by atoms with Crippen LogP contribution in [0.25, 0.3) is 11.0 Å². The summed E-state index contributed by atoms with van der Waals surface area (Å²) >= 11 is 0. The third-order valence-electron chi connectivity index (χ3n) is 3.62. The summed E-state index contributed by atoms with van der Waals surface area (Å²) < 4.78 is 2.14. The van der Waals surface area contributed by atoms with Crippen LogP contribution in [-0.4, -0.2) is 34.1 Å². The molecule has 0 saturated heterocycles. The fraction of sp³-hybridized carbons (Fsp3) is 0.533. The minimum absolute atomic E-state index is 0.622. The minimum Gasteiger partial charge on any atom is -0.369 e. The lowest BCUT2D eigenvalue weighted by Crippen LogP contribution is -2.28. The molecule has 0 aliphatic carbocycles. The van der Waals surface area contributed by atoms with Gasteiger partial charge in [-0.05, 0) is 38.1 Å². The molecule has 2 N–H and O–H groups in total. The maximum absolute atomic E-state index is 6.06. The quantitative estimate of drug-likeness (QED) is 0.868. The van der Waals surface area contributed by atoms with E-state index in [0.717, 1.165) is 31.7 Å². The molecule has 0 amide bonds. The lowest BCUT2D eigenvalue weighted by atomic mass is 10.2. The van der Waals surface area contributed by atoms with Crippen molar-refractivity contribution >= 4 is 17.0 Å². The summed E-state index contributed by atoms with van der Waals surface area (Å²) in [7, 11) is 0. The zero-order chi connectivity index (χ0) is 13.8. The minimum atomic E-state index is 0.622. The number of hydrogen-bond acceptors (Lipinski definition) is 3. The van der Waals surface area contributed by atoms with Gasteiger partial charge in [0, 0.05) is 13.1 Å². The van der Waals surface area contributed by atoms with Gasteiger partial charge in [-0.1, -0.05) is 26.0 Å². The Morgan fingerprint density at radius 2 is 2.05 bits per heavy atom. The first-order valence-corrected chi connectivity index (χ1v) is 7.11. The molecule has 0 unspecified atom stereocenters. The van der Waals surface area contributed by atoms with Crippen LogP contribution in [0.2, 0.25) is 0 Å². The molecule has 4 heteroatoms. The van der Waals surface area contributed by atoms with Crippen LogP contribution in [0.3, 0.4) is 0 Å².